The number of aliphatic hydroxyl groups excluding tert-OH is 1. The van der Waals surface area contributed by atoms with Crippen molar-refractivity contribution in [2.75, 3.05) is 0 Å². The molecule has 3 rings (SSSR count). The summed E-state index contributed by atoms with van der Waals surface area (Å²) in [7, 11) is 0. The molecule has 8 nitrogen and oxygen atoms in total. The number of hydrogen-bond acceptors (Lipinski definition) is 8. The van der Waals surface area contributed by atoms with Crippen molar-refractivity contribution in [1.29, 1.82) is 0 Å². The summed E-state index contributed by atoms with van der Waals surface area (Å²) in [4.78, 5) is 37.2. The number of aliphatic hydroxyl groups is 2. The number of fused-ring (bicyclic) bond motifs is 3. The van der Waals surface area contributed by atoms with Crippen LogP contribution in [0.15, 0.2) is 35.5 Å². The Bertz CT molecular complexity index is 824. The van der Waals surface area contributed by atoms with E-state index in [4.69, 9.17) is 14.2 Å². The normalized spacial score (nSPS) is 42.7. The summed E-state index contributed by atoms with van der Waals surface area (Å²) in [5.41, 5.74) is -1.30. The van der Waals surface area contributed by atoms with E-state index in [1.54, 1.807) is 6.92 Å². The Morgan fingerprint density at radius 2 is 2.07 bits per heavy atom. The molecule has 3 heterocycles. The molecule has 2 saturated heterocycles. The van der Waals surface area contributed by atoms with Crippen LogP contribution in [0.2, 0.25) is 0 Å². The summed E-state index contributed by atoms with van der Waals surface area (Å²) in [5.74, 6) is -4.86. The number of allylic oxidation sites excluding steroid dienone is 1. The van der Waals surface area contributed by atoms with Crippen LogP contribution in [0.5, 0.6) is 0 Å². The number of esters is 2. The van der Waals surface area contributed by atoms with Crippen LogP contribution in [0, 0.1) is 5.92 Å². The number of carbonyl (C=O) groups is 3. The van der Waals surface area contributed by atoms with E-state index in [0.29, 0.717) is 0 Å². The van der Waals surface area contributed by atoms with Crippen LogP contribution in [0.1, 0.15) is 34.1 Å². The second kappa shape index (κ2) is 6.65. The molecule has 0 unspecified atom stereocenters. The lowest BCUT2D eigenvalue weighted by atomic mass is 9.79. The van der Waals surface area contributed by atoms with Gasteiger partial charge in [-0.25, -0.2) is 9.59 Å². The molecule has 0 aromatic carbocycles. The van der Waals surface area contributed by atoms with Crippen molar-refractivity contribution >= 4 is 17.7 Å². The van der Waals surface area contributed by atoms with Crippen molar-refractivity contribution in [3.05, 3.63) is 35.5 Å². The Morgan fingerprint density at radius 3 is 2.68 bits per heavy atom. The van der Waals surface area contributed by atoms with Crippen LogP contribution in [0.3, 0.4) is 0 Å². The first kappa shape index (κ1) is 20.4. The van der Waals surface area contributed by atoms with Gasteiger partial charge in [0.1, 0.15) is 18.3 Å². The fourth-order valence-electron chi connectivity index (χ4n) is 3.77. The zero-order valence-corrected chi connectivity index (χ0v) is 16.2. The van der Waals surface area contributed by atoms with Gasteiger partial charge in [0.05, 0.1) is 12.3 Å². The van der Waals surface area contributed by atoms with Gasteiger partial charge < -0.3 is 24.4 Å². The highest BCUT2D eigenvalue weighted by Crippen LogP contribution is 2.46. The van der Waals surface area contributed by atoms with Gasteiger partial charge in [-0.05, 0) is 39.3 Å². The molecule has 2 bridgehead atoms. The van der Waals surface area contributed by atoms with E-state index in [2.05, 4.69) is 6.58 Å². The maximum Gasteiger partial charge on any atom is 0.334 e. The van der Waals surface area contributed by atoms with Gasteiger partial charge in [-0.1, -0.05) is 12.7 Å². The molecule has 8 heteroatoms. The Kier molecular flexibility index (Phi) is 4.85. The molecule has 0 aromatic rings. The van der Waals surface area contributed by atoms with Crippen LogP contribution in [0.25, 0.3) is 0 Å². The summed E-state index contributed by atoms with van der Waals surface area (Å²) >= 11 is 0. The van der Waals surface area contributed by atoms with Crippen LogP contribution in [-0.2, 0) is 28.6 Å². The topological polar surface area (TPSA) is 119 Å². The van der Waals surface area contributed by atoms with E-state index >= 15 is 0 Å². The minimum absolute atomic E-state index is 0.00448. The molecule has 2 N–H and O–H groups in total. The summed E-state index contributed by atoms with van der Waals surface area (Å²) in [6, 6.07) is 0. The molecule has 0 radical (unpaired) electrons. The summed E-state index contributed by atoms with van der Waals surface area (Å²) in [6.45, 7) is 9.77. The predicted molar refractivity (Wildman–Crippen MR) is 95.6 cm³/mol. The van der Waals surface area contributed by atoms with Crippen molar-refractivity contribution in [1.82, 2.24) is 0 Å². The number of Topliss-reactive ketones (excluding diaryl/α,β-unsaturated/α-hetero) is 1. The van der Waals surface area contributed by atoms with E-state index in [9.17, 15) is 24.6 Å². The number of ketones is 1. The maximum absolute atomic E-state index is 12.7. The van der Waals surface area contributed by atoms with Crippen molar-refractivity contribution in [3.8, 4) is 0 Å². The van der Waals surface area contributed by atoms with Gasteiger partial charge in [0.25, 0.3) is 0 Å². The highest BCUT2D eigenvalue weighted by atomic mass is 16.7. The average Bonchev–Trinajstić information content (AvgIpc) is 3.05. The lowest BCUT2D eigenvalue weighted by molar-refractivity contribution is -0.233. The van der Waals surface area contributed by atoms with Crippen LogP contribution in [-0.4, -0.2) is 57.6 Å². The van der Waals surface area contributed by atoms with E-state index in [-0.39, 0.29) is 23.1 Å². The first-order valence-corrected chi connectivity index (χ1v) is 9.01. The van der Waals surface area contributed by atoms with Gasteiger partial charge >= 0.3 is 11.9 Å². The third kappa shape index (κ3) is 2.92. The standard InChI is InChI=1S/C20H24O8/c1-6-9(2)17(23)27-15-14-11(4)18(24)26-12(14)7-10(3)20(25)8-13(21)19(5,28-20)16(15)22/h6-7,12,14-16,22,25H,4,8H2,1-3,5H3/b9-6-,10-7-/t12-,14+,15+,16+,19+,20-/m1/s1. The fourth-order valence-corrected chi connectivity index (χ4v) is 3.77. The number of carbonyl (C=O) groups excluding carboxylic acids is 3. The second-order valence-corrected chi connectivity index (χ2v) is 7.65. The van der Waals surface area contributed by atoms with Crippen molar-refractivity contribution in [2.45, 2.75) is 63.8 Å². The van der Waals surface area contributed by atoms with E-state index < -0.39 is 53.3 Å². The van der Waals surface area contributed by atoms with E-state index in [1.165, 1.54) is 32.9 Å². The van der Waals surface area contributed by atoms with Crippen LogP contribution >= 0.6 is 0 Å². The molecule has 0 aromatic heterocycles. The quantitative estimate of drug-likeness (QED) is 0.401. The molecular formula is C20H24O8. The van der Waals surface area contributed by atoms with Crippen molar-refractivity contribution in [2.24, 2.45) is 5.92 Å². The molecule has 3 aliphatic rings. The Balaban J connectivity index is 2.15. The maximum atomic E-state index is 12.7. The van der Waals surface area contributed by atoms with Gasteiger partial charge in [0.2, 0.25) is 0 Å². The summed E-state index contributed by atoms with van der Waals surface area (Å²) < 4.78 is 16.5. The third-order valence-electron chi connectivity index (χ3n) is 5.85. The zero-order chi connectivity index (χ0) is 21.0. The van der Waals surface area contributed by atoms with Crippen LogP contribution in [0.4, 0.5) is 0 Å². The molecule has 0 saturated carbocycles. The van der Waals surface area contributed by atoms with E-state index in [1.807, 2.05) is 0 Å². The molecule has 2 fully saturated rings. The molecular weight excluding hydrogens is 368 g/mol. The SMILES string of the molecule is C=C1C(=O)O[C@@H]2/C=C(/C)[C@@]3(O)CC(=O)[C@](C)(O3)[C@@H](O)[C@@H](OC(=O)/C(C)=C\C)[C@@H]12. The Labute approximate surface area is 162 Å². The second-order valence-electron chi connectivity index (χ2n) is 7.65. The first-order chi connectivity index (χ1) is 12.9. The molecule has 6 atom stereocenters. The monoisotopic (exact) mass is 392 g/mol. The van der Waals surface area contributed by atoms with Crippen LogP contribution < -0.4 is 0 Å². The number of ether oxygens (including phenoxy) is 3. The average molecular weight is 392 g/mol. The third-order valence-corrected chi connectivity index (χ3v) is 5.85. The zero-order valence-electron chi connectivity index (χ0n) is 16.2. The lowest BCUT2D eigenvalue weighted by Gasteiger charge is -2.37. The van der Waals surface area contributed by atoms with Crippen molar-refractivity contribution in [3.63, 3.8) is 0 Å². The molecule has 28 heavy (non-hydrogen) atoms. The molecule has 3 aliphatic heterocycles. The minimum Gasteiger partial charge on any atom is -0.455 e. The lowest BCUT2D eigenvalue weighted by Crippen LogP contribution is -2.56. The van der Waals surface area contributed by atoms with Gasteiger partial charge in [-0.2, -0.15) is 0 Å². The molecule has 0 amide bonds. The molecule has 0 spiro atoms. The fraction of sp³-hybridized carbons (Fsp3) is 0.550. The minimum atomic E-state index is -1.95. The summed E-state index contributed by atoms with van der Waals surface area (Å²) in [6.07, 6.45) is -1.37. The Hall–Kier alpha value is -2.29. The van der Waals surface area contributed by atoms with Gasteiger partial charge in [0.15, 0.2) is 17.2 Å². The predicted octanol–water partition coefficient (Wildman–Crippen LogP) is 0.720. The Morgan fingerprint density at radius 1 is 1.43 bits per heavy atom. The van der Waals surface area contributed by atoms with Gasteiger partial charge in [-0.15, -0.1) is 0 Å². The number of rotatable bonds is 2. The first-order valence-electron chi connectivity index (χ1n) is 9.01. The number of hydrogen-bond donors (Lipinski definition) is 2. The highest BCUT2D eigenvalue weighted by Gasteiger charge is 2.62. The summed E-state index contributed by atoms with van der Waals surface area (Å²) in [5, 5.41) is 21.9. The smallest absolute Gasteiger partial charge is 0.334 e. The van der Waals surface area contributed by atoms with Gasteiger partial charge in [0, 0.05) is 11.1 Å². The largest absolute Gasteiger partial charge is 0.455 e. The van der Waals surface area contributed by atoms with E-state index in [0.717, 1.165) is 0 Å². The van der Waals surface area contributed by atoms with Gasteiger partial charge in [-0.3, -0.25) is 4.79 Å². The molecule has 152 valence electrons. The molecule has 0 aliphatic carbocycles. The highest BCUT2D eigenvalue weighted by molar-refractivity contribution is 5.93. The van der Waals surface area contributed by atoms with Crippen molar-refractivity contribution < 1.29 is 38.8 Å².